The highest BCUT2D eigenvalue weighted by atomic mass is 32.2. The largest absolute Gasteiger partial charge is 0.446 e. The number of ketones is 3. The molecule has 2 heterocycles. The second-order valence-electron chi connectivity index (χ2n) is 17.1. The number of rotatable bonds is 17. The average Bonchev–Trinajstić information content (AvgIpc) is 3.68. The van der Waals surface area contributed by atoms with Crippen LogP contribution < -0.4 is 15.5 Å². The maximum Gasteiger partial charge on any atom is 0.306 e. The number of allylic oxidation sites excluding steroid dienone is 5. The van der Waals surface area contributed by atoms with E-state index in [1.54, 1.807) is 0 Å². The molecule has 2 aromatic carbocycles. The number of amides is 1. The van der Waals surface area contributed by atoms with Gasteiger partial charge in [-0.05, 0) is 58.0 Å². The Morgan fingerprint density at radius 1 is 0.950 bits per heavy atom. The Kier molecular flexibility index (Phi) is 12.8. The molecule has 2 aliphatic heterocycles. The number of hydrogen-bond donors (Lipinski definition) is 3. The molecule has 0 radical (unpaired) electrons. The number of unbranched alkanes of at least 4 members (excludes halogenated alkanes) is 2. The molecule has 0 bridgehead atoms. The number of likely N-dealkylation sites (N-methyl/N-ethyl adjacent to an activating group) is 2. The molecule has 1 fully saturated rings. The molecule has 60 heavy (non-hydrogen) atoms. The zero-order valence-corrected chi connectivity index (χ0v) is 36.3. The van der Waals surface area contributed by atoms with Crippen molar-refractivity contribution in [1.82, 2.24) is 15.5 Å². The Labute approximate surface area is 352 Å². The van der Waals surface area contributed by atoms with Gasteiger partial charge in [-0.15, -0.1) is 0 Å². The molecular formula is C45H56N5O9S+. The zero-order chi connectivity index (χ0) is 43.7. The molecule has 320 valence electrons. The average molecular weight is 843 g/mol. The van der Waals surface area contributed by atoms with Crippen LogP contribution in [0.25, 0.3) is 0 Å². The molecule has 0 saturated heterocycles. The van der Waals surface area contributed by atoms with E-state index in [0.29, 0.717) is 42.8 Å². The minimum Gasteiger partial charge on any atom is -0.446 e. The van der Waals surface area contributed by atoms with Crippen LogP contribution in [-0.4, -0.2) is 116 Å². The first kappa shape index (κ1) is 44.3. The van der Waals surface area contributed by atoms with Crippen molar-refractivity contribution >= 4 is 56.4 Å². The Hall–Kier alpha value is -5.25. The predicted molar refractivity (Wildman–Crippen MR) is 228 cm³/mol. The van der Waals surface area contributed by atoms with Crippen LogP contribution >= 0.6 is 0 Å². The lowest BCUT2D eigenvalue weighted by Gasteiger charge is -2.31. The standard InChI is InChI=1S/C45H55N5O9S/c1-44(2)30-15-10-12-17-33(30)49(6)37(44)25-28-40(29(41(28)54)26-38-45(3,4)31-16-11-13-18-34(31)50(38)7)47-32(27-60(56,57)58)43(55)46-22-24-48(5)23-14-8-9-19-39(53)59-42-35(51)20-21-36(42)52/h10-13,15-18,25-26,32,42H,8-9,14,19-24,27H2,1-7H3,(H2-,46,47,54,55,56,57,58)/p+1. The van der Waals surface area contributed by atoms with Gasteiger partial charge in [0.25, 0.3) is 10.1 Å². The van der Waals surface area contributed by atoms with E-state index in [2.05, 4.69) is 50.5 Å². The number of ether oxygens (including phenoxy) is 1. The third kappa shape index (κ3) is 9.08. The molecule has 2 aromatic rings. The third-order valence-corrected chi connectivity index (χ3v) is 12.9. The van der Waals surface area contributed by atoms with Crippen LogP contribution in [0.2, 0.25) is 0 Å². The highest BCUT2D eigenvalue weighted by Gasteiger charge is 2.47. The van der Waals surface area contributed by atoms with E-state index in [0.717, 1.165) is 40.3 Å². The second kappa shape index (κ2) is 17.4. The summed E-state index contributed by atoms with van der Waals surface area (Å²) in [5, 5.41) is 5.89. The lowest BCUT2D eigenvalue weighted by atomic mass is 9.77. The summed E-state index contributed by atoms with van der Waals surface area (Å²) in [6.07, 6.45) is 4.62. The first-order chi connectivity index (χ1) is 28.2. The van der Waals surface area contributed by atoms with Gasteiger partial charge >= 0.3 is 5.97 Å². The van der Waals surface area contributed by atoms with Crippen LogP contribution in [0.15, 0.2) is 83.2 Å². The molecule has 0 spiro atoms. The maximum atomic E-state index is 14.3. The number of benzene rings is 2. The second-order valence-corrected chi connectivity index (χ2v) is 18.6. The summed E-state index contributed by atoms with van der Waals surface area (Å²) in [6.45, 7) is 9.53. The molecule has 1 saturated carbocycles. The Balaban J connectivity index is 1.17. The summed E-state index contributed by atoms with van der Waals surface area (Å²) in [6, 6.07) is 14.5. The van der Waals surface area contributed by atoms with Gasteiger partial charge in [0.15, 0.2) is 23.1 Å². The quantitative estimate of drug-likeness (QED) is 0.0520. The van der Waals surface area contributed by atoms with Crippen molar-refractivity contribution in [2.45, 2.75) is 89.2 Å². The summed E-state index contributed by atoms with van der Waals surface area (Å²) in [5.74, 6) is -3.14. The molecule has 2 aliphatic carbocycles. The minimum absolute atomic E-state index is 0.0975. The minimum atomic E-state index is -4.66. The molecule has 1 atom stereocenters. The number of nitrogens with zero attached hydrogens (tertiary/aromatic N) is 3. The Bertz CT molecular complexity index is 2340. The van der Waals surface area contributed by atoms with Crippen LogP contribution in [0.4, 0.5) is 11.4 Å². The van der Waals surface area contributed by atoms with Crippen LogP contribution in [0, 0.1) is 0 Å². The van der Waals surface area contributed by atoms with E-state index in [1.807, 2.05) is 84.1 Å². The predicted octanol–water partition coefficient (Wildman–Crippen LogP) is 4.07. The van der Waals surface area contributed by atoms with Gasteiger partial charge in [-0.3, -0.25) is 28.5 Å². The topological polar surface area (TPSA) is 182 Å². The number of nitrogens with one attached hydrogen (secondary N) is 2. The monoisotopic (exact) mass is 842 g/mol. The van der Waals surface area contributed by atoms with E-state index in [-0.39, 0.29) is 43.2 Å². The van der Waals surface area contributed by atoms with Crippen molar-refractivity contribution in [3.8, 4) is 0 Å². The van der Waals surface area contributed by atoms with Crippen LogP contribution in [0.1, 0.15) is 77.3 Å². The molecule has 3 N–H and O–H groups in total. The number of para-hydroxylation sites is 2. The highest BCUT2D eigenvalue weighted by molar-refractivity contribution is 7.85. The normalized spacial score (nSPS) is 20.3. The fourth-order valence-corrected chi connectivity index (χ4v) is 9.34. The van der Waals surface area contributed by atoms with Gasteiger partial charge < -0.3 is 25.2 Å². The van der Waals surface area contributed by atoms with E-state index in [9.17, 15) is 36.9 Å². The number of fused-ring (bicyclic) bond motifs is 2. The van der Waals surface area contributed by atoms with Crippen molar-refractivity contribution in [2.75, 3.05) is 51.4 Å². The van der Waals surface area contributed by atoms with Gasteiger partial charge in [-0.2, -0.15) is 13.0 Å². The van der Waals surface area contributed by atoms with Gasteiger partial charge in [0.1, 0.15) is 18.8 Å². The zero-order valence-electron chi connectivity index (χ0n) is 35.5. The summed E-state index contributed by atoms with van der Waals surface area (Å²) in [7, 11) is 1.07. The summed E-state index contributed by atoms with van der Waals surface area (Å²) in [5.41, 5.74) is 5.81. The van der Waals surface area contributed by atoms with Crippen LogP contribution in [0.5, 0.6) is 0 Å². The van der Waals surface area contributed by atoms with E-state index >= 15 is 0 Å². The summed E-state index contributed by atoms with van der Waals surface area (Å²) in [4.78, 5) is 67.7. The number of carbonyl (C=O) groups is 5. The smallest absolute Gasteiger partial charge is 0.306 e. The lowest BCUT2D eigenvalue weighted by molar-refractivity contribution is -0.401. The molecule has 14 nitrogen and oxygen atoms in total. The fraction of sp³-hybridized carbons (Fsp3) is 0.467. The number of esters is 1. The molecule has 1 amide bonds. The van der Waals surface area contributed by atoms with Crippen LogP contribution in [-0.2, 0) is 49.7 Å². The van der Waals surface area contributed by atoms with E-state index < -0.39 is 50.7 Å². The molecule has 4 aliphatic rings. The van der Waals surface area contributed by atoms with Gasteiger partial charge in [0.2, 0.25) is 17.7 Å². The maximum absolute atomic E-state index is 14.3. The first-order valence-corrected chi connectivity index (χ1v) is 22.0. The summed E-state index contributed by atoms with van der Waals surface area (Å²) >= 11 is 0. The van der Waals surface area contributed by atoms with Gasteiger partial charge in [-0.25, -0.2) is 0 Å². The van der Waals surface area contributed by atoms with Crippen molar-refractivity contribution in [3.63, 3.8) is 0 Å². The fourth-order valence-electron chi connectivity index (χ4n) is 8.69. The van der Waals surface area contributed by atoms with E-state index in [1.165, 1.54) is 0 Å². The molecule has 1 unspecified atom stereocenters. The Morgan fingerprint density at radius 2 is 1.60 bits per heavy atom. The highest BCUT2D eigenvalue weighted by Crippen LogP contribution is 2.48. The van der Waals surface area contributed by atoms with Crippen LogP contribution in [0.3, 0.4) is 0 Å². The number of anilines is 1. The van der Waals surface area contributed by atoms with Crippen molar-refractivity contribution in [2.24, 2.45) is 0 Å². The number of Topliss-reactive ketones (excluding diaryl/α,β-unsaturated/α-hetero) is 3. The molecular weight excluding hydrogens is 787 g/mol. The summed E-state index contributed by atoms with van der Waals surface area (Å²) < 4.78 is 41.9. The Morgan fingerprint density at radius 3 is 2.25 bits per heavy atom. The van der Waals surface area contributed by atoms with Gasteiger partial charge in [0, 0.05) is 79.5 Å². The number of hydrogen-bond acceptors (Lipinski definition) is 11. The van der Waals surface area contributed by atoms with Gasteiger partial charge in [-0.1, -0.05) is 56.7 Å². The SMILES string of the molecule is CN(CCCCCC(=O)OC1C(=O)CCC1=O)CCNC(=O)C(CS(=O)(=O)O)NC1=C(/C=C2/N(C)c3ccccc3C2(C)C)C(=O)/C1=C\C1=[N+](C)c2ccccc2C1(C)C. The van der Waals surface area contributed by atoms with Gasteiger partial charge in [0.05, 0.1) is 16.7 Å². The van der Waals surface area contributed by atoms with Crippen molar-refractivity contribution in [3.05, 3.63) is 94.4 Å². The van der Waals surface area contributed by atoms with Crippen molar-refractivity contribution in [1.29, 1.82) is 0 Å². The lowest BCUT2D eigenvalue weighted by Crippen LogP contribution is -2.51. The number of carbonyl (C=O) groups excluding carboxylic acids is 5. The third-order valence-electron chi connectivity index (χ3n) is 12.1. The first-order valence-electron chi connectivity index (χ1n) is 20.4. The van der Waals surface area contributed by atoms with E-state index in [4.69, 9.17) is 4.74 Å². The molecule has 0 aromatic heterocycles. The van der Waals surface area contributed by atoms with Crippen molar-refractivity contribution < 1.29 is 46.3 Å². The molecule has 15 heteroatoms. The molecule has 6 rings (SSSR count).